The van der Waals surface area contributed by atoms with Crippen LogP contribution in [0.2, 0.25) is 0 Å². The quantitative estimate of drug-likeness (QED) is 0.559. The molecule has 0 saturated carbocycles. The first-order valence-electron chi connectivity index (χ1n) is 8.77. The molecule has 3 rings (SSSR count). The molecule has 0 fully saturated rings. The lowest BCUT2D eigenvalue weighted by atomic mass is 10.1. The Hall–Kier alpha value is -2.24. The number of benzene rings is 2. The van der Waals surface area contributed by atoms with E-state index in [-0.39, 0.29) is 5.91 Å². The zero-order valence-electron chi connectivity index (χ0n) is 14.9. The summed E-state index contributed by atoms with van der Waals surface area (Å²) in [4.78, 5) is 12.6. The lowest BCUT2D eigenvalue weighted by molar-refractivity contribution is 0.0917. The van der Waals surface area contributed by atoms with Crippen molar-refractivity contribution in [2.45, 2.75) is 19.3 Å². The van der Waals surface area contributed by atoms with Gasteiger partial charge in [0.1, 0.15) is 5.58 Å². The predicted octanol–water partition coefficient (Wildman–Crippen LogP) is 4.63. The Labute approximate surface area is 157 Å². The van der Waals surface area contributed by atoms with E-state index >= 15 is 0 Å². The summed E-state index contributed by atoms with van der Waals surface area (Å²) in [6.07, 6.45) is 0. The Bertz CT molecular complexity index is 845. The van der Waals surface area contributed by atoms with Crippen molar-refractivity contribution in [3.63, 3.8) is 0 Å². The standard InChI is InChI=1S/C21H23NO3S/c1-2-24-14-18-17-10-6-7-11-19(17)25-20(18)21(23)22-12-13-26-15-16-8-4-3-5-9-16/h3-11H,2,12-15H2,1H3,(H,22,23). The van der Waals surface area contributed by atoms with E-state index in [9.17, 15) is 4.79 Å². The number of hydrogen-bond donors (Lipinski definition) is 1. The van der Waals surface area contributed by atoms with Crippen LogP contribution in [-0.2, 0) is 17.1 Å². The minimum absolute atomic E-state index is 0.184. The van der Waals surface area contributed by atoms with E-state index in [1.165, 1.54) is 5.56 Å². The third-order valence-corrected chi connectivity index (χ3v) is 5.03. The second-order valence-corrected chi connectivity index (χ2v) is 6.94. The van der Waals surface area contributed by atoms with Crippen molar-refractivity contribution in [2.24, 2.45) is 0 Å². The number of fused-ring (bicyclic) bond motifs is 1. The van der Waals surface area contributed by atoms with Gasteiger partial charge in [-0.3, -0.25) is 4.79 Å². The van der Waals surface area contributed by atoms with Crippen LogP contribution in [0.4, 0.5) is 0 Å². The number of thioether (sulfide) groups is 1. The number of ether oxygens (including phenoxy) is 1. The number of nitrogens with one attached hydrogen (secondary N) is 1. The molecule has 4 nitrogen and oxygen atoms in total. The molecular weight excluding hydrogens is 346 g/mol. The maximum absolute atomic E-state index is 12.6. The van der Waals surface area contributed by atoms with E-state index in [1.54, 1.807) is 11.8 Å². The Morgan fingerprint density at radius 1 is 1.12 bits per heavy atom. The van der Waals surface area contributed by atoms with Gasteiger partial charge in [-0.05, 0) is 18.6 Å². The SMILES string of the molecule is CCOCc1c(C(=O)NCCSCc2ccccc2)oc2ccccc12. The molecule has 1 heterocycles. The maximum atomic E-state index is 12.6. The van der Waals surface area contributed by atoms with Gasteiger partial charge in [0.15, 0.2) is 5.76 Å². The molecule has 0 bridgehead atoms. The van der Waals surface area contributed by atoms with E-state index in [1.807, 2.05) is 49.4 Å². The number of carbonyl (C=O) groups excluding carboxylic acids is 1. The van der Waals surface area contributed by atoms with Crippen molar-refractivity contribution in [1.82, 2.24) is 5.32 Å². The molecule has 0 spiro atoms. The topological polar surface area (TPSA) is 51.5 Å². The van der Waals surface area contributed by atoms with Crippen molar-refractivity contribution < 1.29 is 13.9 Å². The normalized spacial score (nSPS) is 11.0. The zero-order valence-corrected chi connectivity index (χ0v) is 15.7. The maximum Gasteiger partial charge on any atom is 0.287 e. The molecule has 0 saturated heterocycles. The highest BCUT2D eigenvalue weighted by atomic mass is 32.2. The van der Waals surface area contributed by atoms with E-state index in [4.69, 9.17) is 9.15 Å². The number of carbonyl (C=O) groups is 1. The van der Waals surface area contributed by atoms with Gasteiger partial charge in [-0.25, -0.2) is 0 Å². The van der Waals surface area contributed by atoms with Crippen LogP contribution in [-0.4, -0.2) is 24.8 Å². The van der Waals surface area contributed by atoms with Crippen molar-refractivity contribution in [1.29, 1.82) is 0 Å². The molecule has 0 aliphatic rings. The first-order valence-corrected chi connectivity index (χ1v) is 9.93. The molecule has 2 aromatic carbocycles. The van der Waals surface area contributed by atoms with Gasteiger partial charge in [-0.1, -0.05) is 48.5 Å². The van der Waals surface area contributed by atoms with Gasteiger partial charge in [-0.2, -0.15) is 11.8 Å². The van der Waals surface area contributed by atoms with Gasteiger partial charge in [0.2, 0.25) is 0 Å². The largest absolute Gasteiger partial charge is 0.451 e. The van der Waals surface area contributed by atoms with Gasteiger partial charge in [0.05, 0.1) is 6.61 Å². The molecule has 0 atom stereocenters. The molecule has 1 amide bonds. The molecule has 0 unspecified atom stereocenters. The molecule has 26 heavy (non-hydrogen) atoms. The number of furan rings is 1. The van der Waals surface area contributed by atoms with Gasteiger partial charge in [0, 0.05) is 35.6 Å². The molecule has 1 aromatic heterocycles. The second kappa shape index (κ2) is 9.46. The van der Waals surface area contributed by atoms with E-state index in [0.717, 1.165) is 22.5 Å². The Balaban J connectivity index is 1.57. The summed E-state index contributed by atoms with van der Waals surface area (Å²) in [5.74, 6) is 1.96. The predicted molar refractivity (Wildman–Crippen MR) is 106 cm³/mol. The second-order valence-electron chi connectivity index (χ2n) is 5.84. The van der Waals surface area contributed by atoms with Crippen molar-refractivity contribution >= 4 is 28.6 Å². The van der Waals surface area contributed by atoms with E-state index < -0.39 is 0 Å². The van der Waals surface area contributed by atoms with Crippen LogP contribution in [0.25, 0.3) is 11.0 Å². The molecule has 5 heteroatoms. The summed E-state index contributed by atoms with van der Waals surface area (Å²) < 4.78 is 11.3. The molecule has 0 aliphatic carbocycles. The Morgan fingerprint density at radius 2 is 1.88 bits per heavy atom. The number of amides is 1. The summed E-state index contributed by atoms with van der Waals surface area (Å²) in [6, 6.07) is 18.0. The molecule has 136 valence electrons. The minimum Gasteiger partial charge on any atom is -0.451 e. The molecule has 1 N–H and O–H groups in total. The van der Waals surface area contributed by atoms with Crippen LogP contribution in [0, 0.1) is 0 Å². The highest BCUT2D eigenvalue weighted by molar-refractivity contribution is 7.98. The lowest BCUT2D eigenvalue weighted by Crippen LogP contribution is -2.26. The van der Waals surface area contributed by atoms with E-state index in [0.29, 0.717) is 31.1 Å². The van der Waals surface area contributed by atoms with Crippen LogP contribution < -0.4 is 5.32 Å². The molecular formula is C21H23NO3S. The fourth-order valence-corrected chi connectivity index (χ4v) is 3.53. The first-order chi connectivity index (χ1) is 12.8. The molecule has 0 aliphatic heterocycles. The highest BCUT2D eigenvalue weighted by Gasteiger charge is 2.20. The van der Waals surface area contributed by atoms with Crippen LogP contribution in [0.15, 0.2) is 59.0 Å². The fraction of sp³-hybridized carbons (Fsp3) is 0.286. The molecule has 3 aromatic rings. The number of rotatable bonds is 9. The Kier molecular flexibility index (Phi) is 6.75. The molecule has 0 radical (unpaired) electrons. The van der Waals surface area contributed by atoms with Crippen molar-refractivity contribution in [3.05, 3.63) is 71.5 Å². The van der Waals surface area contributed by atoms with E-state index in [2.05, 4.69) is 17.4 Å². The summed E-state index contributed by atoms with van der Waals surface area (Å²) in [5, 5.41) is 3.89. The van der Waals surface area contributed by atoms with Gasteiger partial charge >= 0.3 is 0 Å². The smallest absolute Gasteiger partial charge is 0.287 e. The van der Waals surface area contributed by atoms with Crippen LogP contribution in [0.5, 0.6) is 0 Å². The zero-order chi connectivity index (χ0) is 18.2. The minimum atomic E-state index is -0.184. The first kappa shape index (κ1) is 18.5. The summed E-state index contributed by atoms with van der Waals surface area (Å²) >= 11 is 1.80. The monoisotopic (exact) mass is 369 g/mol. The average molecular weight is 369 g/mol. The lowest BCUT2D eigenvalue weighted by Gasteiger charge is -2.06. The van der Waals surface area contributed by atoms with Crippen molar-refractivity contribution in [3.8, 4) is 0 Å². The fourth-order valence-electron chi connectivity index (χ4n) is 2.71. The third kappa shape index (κ3) is 4.68. The Morgan fingerprint density at radius 3 is 2.69 bits per heavy atom. The van der Waals surface area contributed by atoms with Crippen LogP contribution in [0.3, 0.4) is 0 Å². The third-order valence-electron chi connectivity index (χ3n) is 4.00. The number of hydrogen-bond acceptors (Lipinski definition) is 4. The average Bonchev–Trinajstić information content (AvgIpc) is 3.05. The summed E-state index contributed by atoms with van der Waals surface area (Å²) in [5.41, 5.74) is 2.82. The highest BCUT2D eigenvalue weighted by Crippen LogP contribution is 2.26. The van der Waals surface area contributed by atoms with Crippen LogP contribution >= 0.6 is 11.8 Å². The van der Waals surface area contributed by atoms with Crippen LogP contribution in [0.1, 0.15) is 28.6 Å². The number of para-hydroxylation sites is 1. The van der Waals surface area contributed by atoms with Crippen molar-refractivity contribution in [2.75, 3.05) is 18.9 Å². The van der Waals surface area contributed by atoms with Gasteiger partial charge in [-0.15, -0.1) is 0 Å². The summed E-state index contributed by atoms with van der Waals surface area (Å²) in [6.45, 7) is 3.50. The van der Waals surface area contributed by atoms with Gasteiger partial charge < -0.3 is 14.5 Å². The summed E-state index contributed by atoms with van der Waals surface area (Å²) in [7, 11) is 0. The van der Waals surface area contributed by atoms with Gasteiger partial charge in [0.25, 0.3) is 5.91 Å².